The maximum Gasteiger partial charge on any atom is 0.254 e. The summed E-state index contributed by atoms with van der Waals surface area (Å²) in [5.41, 5.74) is 0.642. The Kier molecular flexibility index (Phi) is 3.68. The fraction of sp³-hybridized carbons (Fsp3) is 0.389. The normalized spacial score (nSPS) is 30.7. The molecule has 0 spiro atoms. The second-order valence-corrected chi connectivity index (χ2v) is 6.78. The molecular formula is C18H17ClN2O3. The predicted molar refractivity (Wildman–Crippen MR) is 89.8 cm³/mol. The number of halogens is 1. The van der Waals surface area contributed by atoms with E-state index < -0.39 is 0 Å². The quantitative estimate of drug-likeness (QED) is 0.479. The van der Waals surface area contributed by atoms with Gasteiger partial charge in [-0.15, -0.1) is 0 Å². The first-order valence-electron chi connectivity index (χ1n) is 8.12. The van der Waals surface area contributed by atoms with Gasteiger partial charge in [-0.1, -0.05) is 23.8 Å². The van der Waals surface area contributed by atoms with Gasteiger partial charge >= 0.3 is 0 Å². The van der Waals surface area contributed by atoms with Crippen molar-refractivity contribution in [2.24, 2.45) is 28.8 Å². The lowest BCUT2D eigenvalue weighted by molar-refractivity contribution is -0.140. The molecule has 24 heavy (non-hydrogen) atoms. The van der Waals surface area contributed by atoms with E-state index in [-0.39, 0.29) is 35.5 Å². The van der Waals surface area contributed by atoms with Crippen molar-refractivity contribution in [1.29, 1.82) is 0 Å². The summed E-state index contributed by atoms with van der Waals surface area (Å²) < 4.78 is 5.53. The van der Waals surface area contributed by atoms with Crippen LogP contribution in [0.5, 0.6) is 5.75 Å². The molecular weight excluding hydrogens is 328 g/mol. The van der Waals surface area contributed by atoms with Crippen molar-refractivity contribution in [3.8, 4) is 5.75 Å². The third-order valence-electron chi connectivity index (χ3n) is 5.03. The zero-order valence-electron chi connectivity index (χ0n) is 13.2. The number of carbonyl (C=O) groups is 2. The number of nitrogens with zero attached hydrogens (tertiary/aromatic N) is 2. The number of rotatable bonds is 4. The van der Waals surface area contributed by atoms with E-state index in [9.17, 15) is 9.59 Å². The van der Waals surface area contributed by atoms with Gasteiger partial charge in [0.15, 0.2) is 0 Å². The molecule has 1 aliphatic heterocycles. The predicted octanol–water partition coefficient (Wildman–Crippen LogP) is 2.88. The monoisotopic (exact) mass is 344 g/mol. The van der Waals surface area contributed by atoms with Crippen LogP contribution in [0, 0.1) is 23.7 Å². The van der Waals surface area contributed by atoms with Gasteiger partial charge in [-0.2, -0.15) is 10.1 Å². The number of ether oxygens (including phenoxy) is 1. The summed E-state index contributed by atoms with van der Waals surface area (Å²) in [5, 5.41) is 5.73. The third-order valence-corrected chi connectivity index (χ3v) is 5.27. The Labute approximate surface area is 144 Å². The fourth-order valence-electron chi connectivity index (χ4n) is 4.03. The number of benzene rings is 1. The number of imide groups is 1. The molecule has 6 heteroatoms. The molecule has 0 unspecified atom stereocenters. The first-order chi connectivity index (χ1) is 11.6. The minimum Gasteiger partial charge on any atom is -0.493 e. The second kappa shape index (κ2) is 5.74. The van der Waals surface area contributed by atoms with Crippen molar-refractivity contribution >= 4 is 29.6 Å². The molecule has 4 rings (SSSR count). The van der Waals surface area contributed by atoms with Gasteiger partial charge in [-0.25, -0.2) is 0 Å². The average molecular weight is 345 g/mol. The Morgan fingerprint density at radius 1 is 1.25 bits per heavy atom. The number of hydrazone groups is 1. The number of fused-ring (bicyclic) bond motifs is 5. The van der Waals surface area contributed by atoms with Crippen LogP contribution < -0.4 is 4.74 Å². The highest BCUT2D eigenvalue weighted by atomic mass is 35.5. The molecule has 0 N–H and O–H groups in total. The van der Waals surface area contributed by atoms with E-state index in [2.05, 4.69) is 17.3 Å². The summed E-state index contributed by atoms with van der Waals surface area (Å²) in [4.78, 5) is 25.2. The van der Waals surface area contributed by atoms with Gasteiger partial charge < -0.3 is 4.74 Å². The summed E-state index contributed by atoms with van der Waals surface area (Å²) in [6.45, 7) is 2.39. The van der Waals surface area contributed by atoms with Crippen LogP contribution in [0.15, 0.2) is 35.5 Å². The van der Waals surface area contributed by atoms with Crippen LogP contribution in [0.1, 0.15) is 18.9 Å². The molecule has 0 aromatic heterocycles. The molecule has 1 aromatic carbocycles. The van der Waals surface area contributed by atoms with Gasteiger partial charge in [0.25, 0.3) is 11.8 Å². The Morgan fingerprint density at radius 2 is 1.92 bits per heavy atom. The van der Waals surface area contributed by atoms with Gasteiger partial charge in [0.2, 0.25) is 0 Å². The highest BCUT2D eigenvalue weighted by Crippen LogP contribution is 2.52. The molecule has 2 aliphatic carbocycles. The number of carbonyl (C=O) groups excluding carboxylic acids is 2. The lowest BCUT2D eigenvalue weighted by Gasteiger charge is -2.13. The van der Waals surface area contributed by atoms with E-state index in [1.807, 2.05) is 6.92 Å². The van der Waals surface area contributed by atoms with Gasteiger partial charge in [0.05, 0.1) is 24.7 Å². The van der Waals surface area contributed by atoms with Crippen molar-refractivity contribution in [1.82, 2.24) is 5.01 Å². The maximum absolute atomic E-state index is 12.6. The van der Waals surface area contributed by atoms with Crippen LogP contribution in [0.4, 0.5) is 0 Å². The highest BCUT2D eigenvalue weighted by molar-refractivity contribution is 6.30. The van der Waals surface area contributed by atoms with E-state index in [0.29, 0.717) is 22.9 Å². The van der Waals surface area contributed by atoms with Crippen LogP contribution in [0.3, 0.4) is 0 Å². The molecule has 0 radical (unpaired) electrons. The standard InChI is InChI=1S/C18H17ClN2O3/c1-2-24-14-6-5-13(19)8-12(14)9-20-21-17(22)15-10-3-4-11(7-10)16(15)18(21)23/h3-6,8-11,15-16H,2,7H2,1H3/b20-9-/t10-,11-,15-,16+/m1/s1. The van der Waals surface area contributed by atoms with E-state index in [1.54, 1.807) is 18.2 Å². The summed E-state index contributed by atoms with van der Waals surface area (Å²) in [5.74, 6) is 0.109. The first kappa shape index (κ1) is 15.4. The topological polar surface area (TPSA) is 59.0 Å². The van der Waals surface area contributed by atoms with Crippen LogP contribution in [0.2, 0.25) is 5.02 Å². The molecule has 2 fully saturated rings. The van der Waals surface area contributed by atoms with E-state index in [4.69, 9.17) is 16.3 Å². The van der Waals surface area contributed by atoms with Crippen LogP contribution >= 0.6 is 11.6 Å². The van der Waals surface area contributed by atoms with Crippen LogP contribution in [-0.2, 0) is 9.59 Å². The SMILES string of the molecule is CCOc1ccc(Cl)cc1/C=N\N1C(=O)[C@@H]2[C@H](C1=O)[C@@H]1C=C[C@@H]2C1. The largest absolute Gasteiger partial charge is 0.493 e. The van der Waals surface area contributed by atoms with Gasteiger partial charge in [0, 0.05) is 10.6 Å². The van der Waals surface area contributed by atoms with Crippen molar-refractivity contribution in [3.63, 3.8) is 0 Å². The zero-order valence-corrected chi connectivity index (χ0v) is 13.9. The molecule has 124 valence electrons. The summed E-state index contributed by atoms with van der Waals surface area (Å²) in [7, 11) is 0. The molecule has 1 aromatic rings. The number of hydrogen-bond donors (Lipinski definition) is 0. The smallest absolute Gasteiger partial charge is 0.254 e. The highest BCUT2D eigenvalue weighted by Gasteiger charge is 2.59. The lowest BCUT2D eigenvalue weighted by Crippen LogP contribution is -2.28. The summed E-state index contributed by atoms with van der Waals surface area (Å²) in [6, 6.07) is 5.18. The van der Waals surface area contributed by atoms with Crippen LogP contribution in [-0.4, -0.2) is 29.6 Å². The first-order valence-corrected chi connectivity index (χ1v) is 8.50. The lowest BCUT2D eigenvalue weighted by atomic mass is 9.85. The van der Waals surface area contributed by atoms with E-state index >= 15 is 0 Å². The molecule has 4 atom stereocenters. The Bertz CT molecular complexity index is 744. The van der Waals surface area contributed by atoms with Crippen molar-refractivity contribution in [2.45, 2.75) is 13.3 Å². The minimum atomic E-state index is -0.240. The average Bonchev–Trinajstić information content (AvgIpc) is 3.23. The third kappa shape index (κ3) is 2.26. The second-order valence-electron chi connectivity index (χ2n) is 6.35. The Balaban J connectivity index is 1.60. The molecule has 5 nitrogen and oxygen atoms in total. The molecule has 2 bridgehead atoms. The molecule has 1 heterocycles. The molecule has 3 aliphatic rings. The van der Waals surface area contributed by atoms with Gasteiger partial charge in [-0.05, 0) is 43.4 Å². The minimum absolute atomic E-state index is 0.182. The van der Waals surface area contributed by atoms with Gasteiger partial charge in [-0.3, -0.25) is 9.59 Å². The van der Waals surface area contributed by atoms with E-state index in [1.165, 1.54) is 6.21 Å². The van der Waals surface area contributed by atoms with Crippen molar-refractivity contribution in [3.05, 3.63) is 40.9 Å². The zero-order chi connectivity index (χ0) is 16.8. The van der Waals surface area contributed by atoms with Crippen molar-refractivity contribution < 1.29 is 14.3 Å². The molecule has 2 amide bonds. The molecule has 1 saturated carbocycles. The van der Waals surface area contributed by atoms with Crippen LogP contribution in [0.25, 0.3) is 0 Å². The summed E-state index contributed by atoms with van der Waals surface area (Å²) in [6.07, 6.45) is 6.51. The van der Waals surface area contributed by atoms with E-state index in [0.717, 1.165) is 11.4 Å². The number of allylic oxidation sites excluding steroid dienone is 2. The Hall–Kier alpha value is -2.14. The van der Waals surface area contributed by atoms with Gasteiger partial charge in [0.1, 0.15) is 5.75 Å². The fourth-order valence-corrected chi connectivity index (χ4v) is 4.21. The number of hydrogen-bond acceptors (Lipinski definition) is 4. The summed E-state index contributed by atoms with van der Waals surface area (Å²) >= 11 is 6.02. The Morgan fingerprint density at radius 3 is 2.54 bits per heavy atom. The maximum atomic E-state index is 12.6. The molecule has 1 saturated heterocycles. The van der Waals surface area contributed by atoms with Crippen molar-refractivity contribution in [2.75, 3.05) is 6.61 Å². The number of amides is 2.